The Morgan fingerprint density at radius 2 is 1.79 bits per heavy atom. The van der Waals surface area contributed by atoms with Gasteiger partial charge in [-0.3, -0.25) is 4.79 Å². The van der Waals surface area contributed by atoms with Crippen molar-refractivity contribution in [3.63, 3.8) is 0 Å². The molecule has 0 atom stereocenters. The molecule has 0 spiro atoms. The molecule has 0 N–H and O–H groups in total. The highest BCUT2D eigenvalue weighted by atomic mass is 79.9. The van der Waals surface area contributed by atoms with Gasteiger partial charge in [0.15, 0.2) is 0 Å². The lowest BCUT2D eigenvalue weighted by atomic mass is 9.95. The van der Waals surface area contributed by atoms with E-state index in [1.165, 1.54) is 4.31 Å². The number of hydrogen-bond donors (Lipinski definition) is 0. The third-order valence-electron chi connectivity index (χ3n) is 3.52. The molecule has 19 heavy (non-hydrogen) atoms. The lowest BCUT2D eigenvalue weighted by Gasteiger charge is -2.30. The summed E-state index contributed by atoms with van der Waals surface area (Å²) in [6, 6.07) is 6.70. The van der Waals surface area contributed by atoms with Crippen molar-refractivity contribution in [3.05, 3.63) is 28.7 Å². The van der Waals surface area contributed by atoms with Gasteiger partial charge >= 0.3 is 0 Å². The van der Waals surface area contributed by atoms with E-state index in [4.69, 9.17) is 0 Å². The van der Waals surface area contributed by atoms with Crippen molar-refractivity contribution in [3.8, 4) is 0 Å². The second-order valence-electron chi connectivity index (χ2n) is 4.72. The SMILES string of the molecule is CN(C1CCC(=O)CC1)S(=O)(=O)c1ccccc1Br. The van der Waals surface area contributed by atoms with Crippen molar-refractivity contribution in [2.75, 3.05) is 7.05 Å². The van der Waals surface area contributed by atoms with Crippen molar-refractivity contribution < 1.29 is 13.2 Å². The molecule has 0 unspecified atom stereocenters. The number of Topliss-reactive ketones (excluding diaryl/α,β-unsaturated/α-hetero) is 1. The van der Waals surface area contributed by atoms with Crippen LogP contribution in [0.25, 0.3) is 0 Å². The van der Waals surface area contributed by atoms with Gasteiger partial charge < -0.3 is 0 Å². The van der Waals surface area contributed by atoms with Gasteiger partial charge in [-0.05, 0) is 40.9 Å². The highest BCUT2D eigenvalue weighted by molar-refractivity contribution is 9.10. The number of rotatable bonds is 3. The Morgan fingerprint density at radius 1 is 1.21 bits per heavy atom. The maximum absolute atomic E-state index is 12.5. The number of nitrogens with zero attached hydrogens (tertiary/aromatic N) is 1. The molecular weight excluding hydrogens is 330 g/mol. The fourth-order valence-electron chi connectivity index (χ4n) is 2.29. The monoisotopic (exact) mass is 345 g/mol. The predicted molar refractivity (Wildman–Crippen MR) is 76.4 cm³/mol. The molecule has 1 saturated carbocycles. The van der Waals surface area contributed by atoms with Crippen LogP contribution in [0.4, 0.5) is 0 Å². The molecule has 4 nitrogen and oxygen atoms in total. The highest BCUT2D eigenvalue weighted by Gasteiger charge is 2.31. The summed E-state index contributed by atoms with van der Waals surface area (Å²) in [6.07, 6.45) is 2.17. The van der Waals surface area contributed by atoms with E-state index in [2.05, 4.69) is 15.9 Å². The first-order chi connectivity index (χ1) is 8.93. The molecule has 104 valence electrons. The Hall–Kier alpha value is -0.720. The van der Waals surface area contributed by atoms with Crippen molar-refractivity contribution in [2.45, 2.75) is 36.6 Å². The van der Waals surface area contributed by atoms with Crippen molar-refractivity contribution >= 4 is 31.7 Å². The maximum Gasteiger partial charge on any atom is 0.244 e. The summed E-state index contributed by atoms with van der Waals surface area (Å²) in [5, 5.41) is 0. The van der Waals surface area contributed by atoms with E-state index in [1.807, 2.05) is 0 Å². The Kier molecular flexibility index (Phi) is 4.43. The van der Waals surface area contributed by atoms with Crippen LogP contribution in [0.15, 0.2) is 33.6 Å². The molecule has 2 rings (SSSR count). The average Bonchev–Trinajstić information content (AvgIpc) is 2.39. The van der Waals surface area contributed by atoms with Crippen LogP contribution in [0.2, 0.25) is 0 Å². The molecular formula is C13H16BrNO3S. The number of sulfonamides is 1. The van der Waals surface area contributed by atoms with Crippen LogP contribution in [0.3, 0.4) is 0 Å². The van der Waals surface area contributed by atoms with E-state index in [9.17, 15) is 13.2 Å². The fraction of sp³-hybridized carbons (Fsp3) is 0.462. The molecule has 1 fully saturated rings. The normalized spacial score (nSPS) is 17.9. The molecule has 1 aliphatic carbocycles. The van der Waals surface area contributed by atoms with Gasteiger partial charge in [0, 0.05) is 30.4 Å². The zero-order valence-corrected chi connectivity index (χ0v) is 13.1. The van der Waals surface area contributed by atoms with Gasteiger partial charge in [-0.2, -0.15) is 4.31 Å². The van der Waals surface area contributed by atoms with Crippen LogP contribution in [0.1, 0.15) is 25.7 Å². The number of carbonyl (C=O) groups is 1. The van der Waals surface area contributed by atoms with Gasteiger partial charge in [0.05, 0.1) is 4.90 Å². The van der Waals surface area contributed by atoms with Gasteiger partial charge in [-0.25, -0.2) is 8.42 Å². The van der Waals surface area contributed by atoms with Crippen molar-refractivity contribution in [1.29, 1.82) is 0 Å². The van der Waals surface area contributed by atoms with E-state index in [1.54, 1.807) is 31.3 Å². The van der Waals surface area contributed by atoms with E-state index in [0.29, 0.717) is 30.2 Å². The molecule has 0 saturated heterocycles. The first-order valence-corrected chi connectivity index (χ1v) is 8.40. The van der Waals surface area contributed by atoms with Crippen molar-refractivity contribution in [1.82, 2.24) is 4.31 Å². The molecule has 1 aliphatic rings. The second kappa shape index (κ2) is 5.73. The molecule has 0 heterocycles. The number of hydrogen-bond acceptors (Lipinski definition) is 3. The minimum atomic E-state index is -3.51. The second-order valence-corrected chi connectivity index (χ2v) is 7.54. The largest absolute Gasteiger partial charge is 0.300 e. The van der Waals surface area contributed by atoms with E-state index < -0.39 is 10.0 Å². The lowest BCUT2D eigenvalue weighted by Crippen LogP contribution is -2.39. The Labute approximate surface area is 122 Å². The van der Waals surface area contributed by atoms with Gasteiger partial charge in [-0.1, -0.05) is 12.1 Å². The first-order valence-electron chi connectivity index (χ1n) is 6.17. The van der Waals surface area contributed by atoms with Gasteiger partial charge in [0.1, 0.15) is 5.78 Å². The summed E-state index contributed by atoms with van der Waals surface area (Å²) in [7, 11) is -1.92. The minimum Gasteiger partial charge on any atom is -0.300 e. The van der Waals surface area contributed by atoms with Crippen LogP contribution in [-0.4, -0.2) is 31.6 Å². The molecule has 0 radical (unpaired) electrons. The van der Waals surface area contributed by atoms with Crippen LogP contribution in [-0.2, 0) is 14.8 Å². The van der Waals surface area contributed by atoms with Crippen LogP contribution in [0.5, 0.6) is 0 Å². The highest BCUT2D eigenvalue weighted by Crippen LogP contribution is 2.28. The smallest absolute Gasteiger partial charge is 0.244 e. The molecule has 0 aromatic heterocycles. The predicted octanol–water partition coefficient (Wildman–Crippen LogP) is 2.58. The van der Waals surface area contributed by atoms with Crippen LogP contribution in [0, 0.1) is 0 Å². The summed E-state index contributed by atoms with van der Waals surface area (Å²) in [6.45, 7) is 0. The average molecular weight is 346 g/mol. The Balaban J connectivity index is 2.25. The quantitative estimate of drug-likeness (QED) is 0.845. The Bertz CT molecular complexity index is 575. The molecule has 0 bridgehead atoms. The van der Waals surface area contributed by atoms with Crippen molar-refractivity contribution in [2.24, 2.45) is 0 Å². The summed E-state index contributed by atoms with van der Waals surface area (Å²) < 4.78 is 27.1. The molecule has 1 aromatic carbocycles. The van der Waals surface area contributed by atoms with Crippen LogP contribution < -0.4 is 0 Å². The van der Waals surface area contributed by atoms with E-state index in [-0.39, 0.29) is 16.7 Å². The van der Waals surface area contributed by atoms with Gasteiger partial charge in [-0.15, -0.1) is 0 Å². The topological polar surface area (TPSA) is 54.5 Å². The molecule has 0 amide bonds. The summed E-state index contributed by atoms with van der Waals surface area (Å²) in [5.41, 5.74) is 0. The third-order valence-corrected chi connectivity index (χ3v) is 6.44. The third kappa shape index (κ3) is 3.07. The zero-order chi connectivity index (χ0) is 14.0. The molecule has 6 heteroatoms. The fourth-order valence-corrected chi connectivity index (χ4v) is 4.67. The molecule has 1 aromatic rings. The summed E-state index contributed by atoms with van der Waals surface area (Å²) >= 11 is 3.27. The lowest BCUT2D eigenvalue weighted by molar-refractivity contribution is -0.120. The maximum atomic E-state index is 12.5. The first kappa shape index (κ1) is 14.7. The van der Waals surface area contributed by atoms with E-state index in [0.717, 1.165) is 0 Å². The van der Waals surface area contributed by atoms with E-state index >= 15 is 0 Å². The number of ketones is 1. The zero-order valence-electron chi connectivity index (χ0n) is 10.7. The van der Waals surface area contributed by atoms with Gasteiger partial charge in [0.2, 0.25) is 10.0 Å². The number of halogens is 1. The Morgan fingerprint density at radius 3 is 2.37 bits per heavy atom. The standard InChI is InChI=1S/C13H16BrNO3S/c1-15(10-6-8-11(16)9-7-10)19(17,18)13-5-3-2-4-12(13)14/h2-5,10H,6-9H2,1H3. The van der Waals surface area contributed by atoms with Gasteiger partial charge in [0.25, 0.3) is 0 Å². The summed E-state index contributed by atoms with van der Waals surface area (Å²) in [4.78, 5) is 11.5. The number of benzene rings is 1. The van der Waals surface area contributed by atoms with Crippen LogP contribution >= 0.6 is 15.9 Å². The number of carbonyl (C=O) groups excluding carboxylic acids is 1. The minimum absolute atomic E-state index is 0.0881. The summed E-state index contributed by atoms with van der Waals surface area (Å²) in [5.74, 6) is 0.225. The molecule has 0 aliphatic heterocycles.